The molecule has 3 heterocycles. The molecule has 0 saturated heterocycles. The van der Waals surface area contributed by atoms with Gasteiger partial charge in [-0.1, -0.05) is 6.07 Å². The maximum absolute atomic E-state index is 11.8. The molecule has 0 bridgehead atoms. The van der Waals surface area contributed by atoms with Gasteiger partial charge in [0.2, 0.25) is 0 Å². The van der Waals surface area contributed by atoms with E-state index >= 15 is 0 Å². The molecule has 6 heteroatoms. The molecule has 0 saturated carbocycles. The van der Waals surface area contributed by atoms with Crippen LogP contribution in [-0.2, 0) is 6.42 Å². The summed E-state index contributed by atoms with van der Waals surface area (Å²) in [7, 11) is 1.63. The summed E-state index contributed by atoms with van der Waals surface area (Å²) in [6.45, 7) is 0.558. The Morgan fingerprint density at radius 2 is 2.33 bits per heavy atom. The molecule has 0 aliphatic rings. The molecule has 0 aliphatic heterocycles. The largest absolute Gasteiger partial charge is 0.493 e. The van der Waals surface area contributed by atoms with Crippen molar-refractivity contribution in [2.45, 2.75) is 6.42 Å². The number of methoxy groups -OCH3 is 1. The number of rotatable bonds is 5. The van der Waals surface area contributed by atoms with Gasteiger partial charge in [-0.25, -0.2) is 4.98 Å². The van der Waals surface area contributed by atoms with Gasteiger partial charge in [0.05, 0.1) is 17.7 Å². The number of fused-ring (bicyclic) bond motifs is 1. The van der Waals surface area contributed by atoms with Crippen molar-refractivity contribution >= 4 is 22.9 Å². The number of imidazole rings is 1. The van der Waals surface area contributed by atoms with E-state index in [2.05, 4.69) is 10.3 Å². The average molecular weight is 301 g/mol. The quantitative estimate of drug-likeness (QED) is 0.787. The second-order valence-electron chi connectivity index (χ2n) is 4.52. The number of nitrogens with zero attached hydrogens (tertiary/aromatic N) is 2. The maximum Gasteiger partial charge on any atom is 0.261 e. The number of hydrogen-bond donors (Lipinski definition) is 1. The predicted octanol–water partition coefficient (Wildman–Crippen LogP) is 2.38. The molecule has 0 aliphatic carbocycles. The van der Waals surface area contributed by atoms with Gasteiger partial charge in [-0.15, -0.1) is 11.3 Å². The molecule has 0 unspecified atom stereocenters. The van der Waals surface area contributed by atoms with Crippen LogP contribution in [0.25, 0.3) is 5.65 Å². The van der Waals surface area contributed by atoms with Crippen LogP contribution in [-0.4, -0.2) is 28.9 Å². The molecule has 5 nitrogen and oxygen atoms in total. The topological polar surface area (TPSA) is 55.6 Å². The van der Waals surface area contributed by atoms with Crippen LogP contribution in [0.2, 0.25) is 0 Å². The lowest BCUT2D eigenvalue weighted by Gasteiger charge is -2.01. The Morgan fingerprint density at radius 1 is 1.43 bits per heavy atom. The van der Waals surface area contributed by atoms with Crippen LogP contribution in [0.1, 0.15) is 15.4 Å². The van der Waals surface area contributed by atoms with Gasteiger partial charge >= 0.3 is 0 Å². The number of amides is 1. The molecule has 21 heavy (non-hydrogen) atoms. The molecule has 0 atom stereocenters. The highest BCUT2D eigenvalue weighted by molar-refractivity contribution is 7.12. The number of pyridine rings is 1. The van der Waals surface area contributed by atoms with Crippen LogP contribution >= 0.6 is 11.3 Å². The van der Waals surface area contributed by atoms with Gasteiger partial charge in [0.25, 0.3) is 5.91 Å². The van der Waals surface area contributed by atoms with Gasteiger partial charge in [0, 0.05) is 25.4 Å². The van der Waals surface area contributed by atoms with E-state index in [1.807, 2.05) is 46.4 Å². The molecule has 1 amide bonds. The fraction of sp³-hybridized carbons (Fsp3) is 0.200. The molecule has 0 spiro atoms. The van der Waals surface area contributed by atoms with Crippen molar-refractivity contribution in [3.05, 3.63) is 52.6 Å². The van der Waals surface area contributed by atoms with Crippen molar-refractivity contribution in [1.29, 1.82) is 0 Å². The number of carbonyl (C=O) groups excluding carboxylic acids is 1. The van der Waals surface area contributed by atoms with Crippen LogP contribution in [0.3, 0.4) is 0 Å². The first-order valence-electron chi connectivity index (χ1n) is 6.60. The van der Waals surface area contributed by atoms with E-state index in [0.717, 1.165) is 22.0 Å². The first-order chi connectivity index (χ1) is 10.3. The van der Waals surface area contributed by atoms with E-state index in [-0.39, 0.29) is 5.91 Å². The summed E-state index contributed by atoms with van der Waals surface area (Å²) in [5, 5.41) is 4.79. The second-order valence-corrected chi connectivity index (χ2v) is 5.47. The number of ether oxygens (including phenoxy) is 1. The summed E-state index contributed by atoms with van der Waals surface area (Å²) in [6.07, 6.45) is 4.57. The van der Waals surface area contributed by atoms with Crippen molar-refractivity contribution in [1.82, 2.24) is 14.7 Å². The normalized spacial score (nSPS) is 10.7. The van der Waals surface area contributed by atoms with Crippen molar-refractivity contribution in [2.24, 2.45) is 0 Å². The van der Waals surface area contributed by atoms with Crippen molar-refractivity contribution < 1.29 is 9.53 Å². The summed E-state index contributed by atoms with van der Waals surface area (Å²) in [5.41, 5.74) is 1.71. The highest BCUT2D eigenvalue weighted by Gasteiger charge is 2.08. The highest BCUT2D eigenvalue weighted by atomic mass is 32.1. The molecular weight excluding hydrogens is 286 g/mol. The minimum Gasteiger partial charge on any atom is -0.493 e. The zero-order valence-corrected chi connectivity index (χ0v) is 12.4. The van der Waals surface area contributed by atoms with Gasteiger partial charge in [-0.3, -0.25) is 4.79 Å². The molecular formula is C15H15N3O2S. The Labute approximate surface area is 126 Å². The van der Waals surface area contributed by atoms with Crippen LogP contribution in [0.15, 0.2) is 42.0 Å². The zero-order valence-electron chi connectivity index (χ0n) is 11.6. The minimum atomic E-state index is -0.0358. The highest BCUT2D eigenvalue weighted by Crippen LogP contribution is 2.18. The maximum atomic E-state index is 11.8. The second kappa shape index (κ2) is 5.97. The Morgan fingerprint density at radius 3 is 3.10 bits per heavy atom. The smallest absolute Gasteiger partial charge is 0.261 e. The van der Waals surface area contributed by atoms with Crippen molar-refractivity contribution in [3.8, 4) is 5.75 Å². The molecule has 0 radical (unpaired) electrons. The molecule has 3 aromatic rings. The third-order valence-corrected chi connectivity index (χ3v) is 4.00. The van der Waals surface area contributed by atoms with E-state index in [9.17, 15) is 4.79 Å². The van der Waals surface area contributed by atoms with Crippen LogP contribution in [0, 0.1) is 0 Å². The number of hydrogen-bond acceptors (Lipinski definition) is 4. The summed E-state index contributed by atoms with van der Waals surface area (Å²) in [4.78, 5) is 17.1. The van der Waals surface area contributed by atoms with E-state index in [0.29, 0.717) is 13.0 Å². The standard InChI is InChI=1S/C15H15N3O2S/c1-20-12-4-2-8-18-10-11(17-14(12)18)6-7-16-15(19)13-5-3-9-21-13/h2-5,8-10H,6-7H2,1H3,(H,16,19). The van der Waals surface area contributed by atoms with E-state index in [1.54, 1.807) is 7.11 Å². The van der Waals surface area contributed by atoms with Gasteiger partial charge in [0.1, 0.15) is 0 Å². The van der Waals surface area contributed by atoms with Crippen molar-refractivity contribution in [2.75, 3.05) is 13.7 Å². The first kappa shape index (κ1) is 13.6. The average Bonchev–Trinajstić information content (AvgIpc) is 3.15. The van der Waals surface area contributed by atoms with E-state index in [1.165, 1.54) is 11.3 Å². The molecule has 1 N–H and O–H groups in total. The van der Waals surface area contributed by atoms with Crippen LogP contribution in [0.4, 0.5) is 0 Å². The van der Waals surface area contributed by atoms with E-state index in [4.69, 9.17) is 4.74 Å². The molecule has 0 aromatic carbocycles. The Balaban J connectivity index is 1.64. The summed E-state index contributed by atoms with van der Waals surface area (Å²) >= 11 is 1.44. The van der Waals surface area contributed by atoms with E-state index < -0.39 is 0 Å². The Kier molecular flexibility index (Phi) is 3.87. The fourth-order valence-corrected chi connectivity index (χ4v) is 2.76. The van der Waals surface area contributed by atoms with Crippen LogP contribution < -0.4 is 10.1 Å². The van der Waals surface area contributed by atoms with Gasteiger partial charge < -0.3 is 14.5 Å². The summed E-state index contributed by atoms with van der Waals surface area (Å²) in [6, 6.07) is 7.48. The molecule has 108 valence electrons. The summed E-state index contributed by atoms with van der Waals surface area (Å²) in [5.74, 6) is 0.706. The lowest BCUT2D eigenvalue weighted by Crippen LogP contribution is -2.24. The lowest BCUT2D eigenvalue weighted by molar-refractivity contribution is 0.0958. The Hall–Kier alpha value is -2.34. The number of carbonyl (C=O) groups is 1. The zero-order chi connectivity index (χ0) is 14.7. The minimum absolute atomic E-state index is 0.0358. The SMILES string of the molecule is COc1cccn2cc(CCNC(=O)c3cccs3)nc12. The number of nitrogens with one attached hydrogen (secondary N) is 1. The van der Waals surface area contributed by atoms with Gasteiger partial charge in [0.15, 0.2) is 11.4 Å². The lowest BCUT2D eigenvalue weighted by atomic mass is 10.3. The monoisotopic (exact) mass is 301 g/mol. The third-order valence-electron chi connectivity index (χ3n) is 3.13. The number of aromatic nitrogens is 2. The molecule has 0 fully saturated rings. The van der Waals surface area contributed by atoms with Gasteiger partial charge in [-0.05, 0) is 23.6 Å². The number of thiophene rings is 1. The first-order valence-corrected chi connectivity index (χ1v) is 7.48. The van der Waals surface area contributed by atoms with Gasteiger partial charge in [-0.2, -0.15) is 0 Å². The third kappa shape index (κ3) is 2.90. The predicted molar refractivity (Wildman–Crippen MR) is 82.1 cm³/mol. The summed E-state index contributed by atoms with van der Waals surface area (Å²) < 4.78 is 7.21. The van der Waals surface area contributed by atoms with Crippen molar-refractivity contribution in [3.63, 3.8) is 0 Å². The van der Waals surface area contributed by atoms with Crippen LogP contribution in [0.5, 0.6) is 5.75 Å². The molecule has 3 aromatic heterocycles. The Bertz CT molecular complexity index is 749. The fourth-order valence-electron chi connectivity index (χ4n) is 2.12. The molecule has 3 rings (SSSR count).